The van der Waals surface area contributed by atoms with Gasteiger partial charge in [-0.05, 0) is 36.3 Å². The Balaban J connectivity index is 2.49. The maximum atomic E-state index is 11.2. The zero-order valence-electron chi connectivity index (χ0n) is 12.1. The molecule has 2 heteroatoms. The molecule has 0 fully saturated rings. The summed E-state index contributed by atoms with van der Waals surface area (Å²) in [5.41, 5.74) is 4.34. The van der Waals surface area contributed by atoms with Crippen LogP contribution in [0.3, 0.4) is 0 Å². The largest absolute Gasteiger partial charge is 0.426 e. The summed E-state index contributed by atoms with van der Waals surface area (Å²) < 4.78 is 5.24. The Kier molecular flexibility index (Phi) is 4.25. The van der Waals surface area contributed by atoms with Gasteiger partial charge < -0.3 is 4.74 Å². The van der Waals surface area contributed by atoms with E-state index in [2.05, 4.69) is 12.5 Å². The molecule has 2 aromatic carbocycles. The summed E-state index contributed by atoms with van der Waals surface area (Å²) in [6.45, 7) is 7.50. The van der Waals surface area contributed by atoms with E-state index in [1.54, 1.807) is 18.2 Å². The highest BCUT2D eigenvalue weighted by atomic mass is 16.5. The first kappa shape index (κ1) is 14.6. The molecule has 0 unspecified atom stereocenters. The van der Waals surface area contributed by atoms with Gasteiger partial charge in [0.1, 0.15) is 5.75 Å². The summed E-state index contributed by atoms with van der Waals surface area (Å²) in [5, 5.41) is 0. The average molecular weight is 276 g/mol. The van der Waals surface area contributed by atoms with Gasteiger partial charge in [-0.15, -0.1) is 6.42 Å². The van der Waals surface area contributed by atoms with Crippen LogP contribution in [0.2, 0.25) is 0 Å². The van der Waals surface area contributed by atoms with Crippen molar-refractivity contribution in [2.45, 2.75) is 13.8 Å². The van der Waals surface area contributed by atoms with Crippen molar-refractivity contribution in [2.24, 2.45) is 0 Å². The minimum atomic E-state index is -0.374. The van der Waals surface area contributed by atoms with Gasteiger partial charge in [0.15, 0.2) is 0 Å². The quantitative estimate of drug-likeness (QED) is 0.482. The molecule has 2 aromatic rings. The van der Waals surface area contributed by atoms with E-state index >= 15 is 0 Å². The Hall–Kier alpha value is -2.79. The molecule has 0 atom stereocenters. The number of terminal acetylenes is 1. The van der Waals surface area contributed by atoms with Crippen LogP contribution in [0.15, 0.2) is 49.0 Å². The van der Waals surface area contributed by atoms with E-state index in [9.17, 15) is 4.79 Å². The fraction of sp³-hybridized carbons (Fsp3) is 0.105. The SMILES string of the molecule is C#Cc1ccc(OC(C)=O)c(C(=C)c2ccc(C)cc2)c1. The van der Waals surface area contributed by atoms with Crippen LogP contribution in [-0.2, 0) is 4.79 Å². The van der Waals surface area contributed by atoms with Crippen LogP contribution in [0.5, 0.6) is 5.75 Å². The highest BCUT2D eigenvalue weighted by Crippen LogP contribution is 2.31. The van der Waals surface area contributed by atoms with Crippen LogP contribution >= 0.6 is 0 Å². The molecule has 0 aliphatic carbocycles. The molecule has 2 nitrogen and oxygen atoms in total. The van der Waals surface area contributed by atoms with Gasteiger partial charge in [0.05, 0.1) is 0 Å². The van der Waals surface area contributed by atoms with E-state index < -0.39 is 0 Å². The number of hydrogen-bond donors (Lipinski definition) is 0. The van der Waals surface area contributed by atoms with Crippen LogP contribution in [0.4, 0.5) is 0 Å². The fourth-order valence-electron chi connectivity index (χ4n) is 2.01. The molecule has 0 aliphatic rings. The number of carbonyl (C=O) groups is 1. The molecule has 0 spiro atoms. The Labute approximate surface area is 125 Å². The first-order chi connectivity index (χ1) is 10.0. The number of ether oxygens (including phenoxy) is 1. The molecular formula is C19H16O2. The third-order valence-corrected chi connectivity index (χ3v) is 3.13. The number of rotatable bonds is 3. The molecule has 2 rings (SSSR count). The minimum absolute atomic E-state index is 0.374. The van der Waals surface area contributed by atoms with Gasteiger partial charge in [-0.25, -0.2) is 0 Å². The van der Waals surface area contributed by atoms with E-state index in [1.165, 1.54) is 12.5 Å². The number of aryl methyl sites for hydroxylation is 1. The molecule has 0 saturated heterocycles. The Morgan fingerprint density at radius 3 is 2.43 bits per heavy atom. The van der Waals surface area contributed by atoms with Gasteiger partial charge in [-0.3, -0.25) is 4.79 Å². The number of hydrogen-bond acceptors (Lipinski definition) is 2. The van der Waals surface area contributed by atoms with Crippen molar-refractivity contribution in [1.82, 2.24) is 0 Å². The van der Waals surface area contributed by atoms with Gasteiger partial charge in [-0.2, -0.15) is 0 Å². The molecule has 0 aromatic heterocycles. The van der Waals surface area contributed by atoms with Gasteiger partial charge in [0.25, 0.3) is 0 Å². The summed E-state index contributed by atoms with van der Waals surface area (Å²) in [4.78, 5) is 11.2. The molecule has 0 N–H and O–H groups in total. The summed E-state index contributed by atoms with van der Waals surface area (Å²) in [7, 11) is 0. The zero-order valence-corrected chi connectivity index (χ0v) is 12.1. The van der Waals surface area contributed by atoms with Crippen LogP contribution in [0.1, 0.15) is 29.2 Å². The normalized spacial score (nSPS) is 9.76. The second-order valence-corrected chi connectivity index (χ2v) is 4.79. The molecular weight excluding hydrogens is 260 g/mol. The lowest BCUT2D eigenvalue weighted by Gasteiger charge is -2.12. The summed E-state index contributed by atoms with van der Waals surface area (Å²) in [6.07, 6.45) is 5.44. The van der Waals surface area contributed by atoms with Crippen molar-refractivity contribution >= 4 is 11.5 Å². The van der Waals surface area contributed by atoms with Crippen molar-refractivity contribution in [3.63, 3.8) is 0 Å². The van der Waals surface area contributed by atoms with Gasteiger partial charge >= 0.3 is 5.97 Å². The molecule has 0 radical (unpaired) electrons. The molecule has 0 bridgehead atoms. The molecule has 0 heterocycles. The monoisotopic (exact) mass is 276 g/mol. The second kappa shape index (κ2) is 6.11. The molecule has 21 heavy (non-hydrogen) atoms. The third kappa shape index (κ3) is 3.40. The molecule has 0 aliphatic heterocycles. The van der Waals surface area contributed by atoms with E-state index in [4.69, 9.17) is 11.2 Å². The smallest absolute Gasteiger partial charge is 0.308 e. The van der Waals surface area contributed by atoms with Crippen molar-refractivity contribution in [3.05, 3.63) is 71.3 Å². The predicted octanol–water partition coefficient (Wildman–Crippen LogP) is 3.96. The van der Waals surface area contributed by atoms with E-state index in [-0.39, 0.29) is 5.97 Å². The summed E-state index contributed by atoms with van der Waals surface area (Å²) >= 11 is 0. The van der Waals surface area contributed by atoms with Gasteiger partial charge in [-0.1, -0.05) is 42.3 Å². The topological polar surface area (TPSA) is 26.3 Å². The third-order valence-electron chi connectivity index (χ3n) is 3.13. The Morgan fingerprint density at radius 1 is 1.19 bits per heavy atom. The summed E-state index contributed by atoms with van der Waals surface area (Å²) in [5.74, 6) is 2.67. The molecule has 0 amide bonds. The average Bonchev–Trinajstić information content (AvgIpc) is 2.47. The van der Waals surface area contributed by atoms with Crippen molar-refractivity contribution in [3.8, 4) is 18.1 Å². The van der Waals surface area contributed by atoms with Crippen molar-refractivity contribution in [2.75, 3.05) is 0 Å². The Bertz CT molecular complexity index is 731. The van der Waals surface area contributed by atoms with Crippen LogP contribution in [0, 0.1) is 19.3 Å². The van der Waals surface area contributed by atoms with E-state index in [0.717, 1.165) is 16.7 Å². The lowest BCUT2D eigenvalue weighted by Crippen LogP contribution is -2.04. The number of carbonyl (C=O) groups excluding carboxylic acids is 1. The van der Waals surface area contributed by atoms with Crippen molar-refractivity contribution in [1.29, 1.82) is 0 Å². The summed E-state index contributed by atoms with van der Waals surface area (Å²) in [6, 6.07) is 13.2. The first-order valence-corrected chi connectivity index (χ1v) is 6.56. The predicted molar refractivity (Wildman–Crippen MR) is 85.0 cm³/mol. The van der Waals surface area contributed by atoms with Gasteiger partial charge in [0.2, 0.25) is 0 Å². The molecule has 0 saturated carbocycles. The van der Waals surface area contributed by atoms with E-state index in [0.29, 0.717) is 11.3 Å². The first-order valence-electron chi connectivity index (χ1n) is 6.56. The maximum absolute atomic E-state index is 11.2. The number of benzene rings is 2. The van der Waals surface area contributed by atoms with Crippen LogP contribution < -0.4 is 4.74 Å². The second-order valence-electron chi connectivity index (χ2n) is 4.79. The standard InChI is InChI=1S/C19H16O2/c1-5-16-8-11-19(21-15(4)20)18(12-16)14(3)17-9-6-13(2)7-10-17/h1,6-12H,3H2,2,4H3. The Morgan fingerprint density at radius 2 is 1.86 bits per heavy atom. The van der Waals surface area contributed by atoms with E-state index in [1.807, 2.05) is 31.2 Å². The molecule has 104 valence electrons. The zero-order chi connectivity index (χ0) is 15.4. The minimum Gasteiger partial charge on any atom is -0.426 e. The maximum Gasteiger partial charge on any atom is 0.308 e. The highest BCUT2D eigenvalue weighted by Gasteiger charge is 2.12. The lowest BCUT2D eigenvalue weighted by molar-refractivity contribution is -0.131. The number of esters is 1. The van der Waals surface area contributed by atoms with Gasteiger partial charge in [0, 0.05) is 18.1 Å². The fourth-order valence-corrected chi connectivity index (χ4v) is 2.01. The van der Waals surface area contributed by atoms with Crippen LogP contribution in [-0.4, -0.2) is 5.97 Å². The lowest BCUT2D eigenvalue weighted by atomic mass is 9.96. The highest BCUT2D eigenvalue weighted by molar-refractivity contribution is 5.83. The van der Waals surface area contributed by atoms with Crippen molar-refractivity contribution < 1.29 is 9.53 Å². The van der Waals surface area contributed by atoms with Crippen LogP contribution in [0.25, 0.3) is 5.57 Å².